The summed E-state index contributed by atoms with van der Waals surface area (Å²) in [5.74, 6) is 0.747. The molecular weight excluding hydrogens is 440 g/mol. The lowest BCUT2D eigenvalue weighted by Gasteiger charge is -2.33. The number of benzene rings is 3. The number of phenols is 2. The van der Waals surface area contributed by atoms with Gasteiger partial charge in [-0.3, -0.25) is 0 Å². The van der Waals surface area contributed by atoms with Crippen molar-refractivity contribution in [2.45, 2.75) is 79.1 Å². The molecule has 2 heteroatoms. The number of rotatable bonds is 8. The first-order chi connectivity index (χ1) is 16.8. The zero-order valence-corrected chi connectivity index (χ0v) is 23.3. The number of aryl methyl sites for hydroxylation is 2. The minimum Gasteiger partial charge on any atom is -0.507 e. The van der Waals surface area contributed by atoms with Crippen LogP contribution in [0, 0.1) is 27.7 Å². The molecule has 190 valence electrons. The lowest BCUT2D eigenvalue weighted by molar-refractivity contribution is 0.464. The smallest absolute Gasteiger partial charge is 0.121 e. The first-order valence-corrected chi connectivity index (χ1v) is 12.8. The van der Waals surface area contributed by atoms with E-state index in [0.717, 1.165) is 46.2 Å². The normalized spacial score (nSPS) is 12.0. The van der Waals surface area contributed by atoms with Gasteiger partial charge in [-0.15, -0.1) is 13.2 Å². The highest BCUT2D eigenvalue weighted by atomic mass is 16.3. The van der Waals surface area contributed by atoms with Crippen molar-refractivity contribution in [3.63, 3.8) is 0 Å². The summed E-state index contributed by atoms with van der Waals surface area (Å²) in [4.78, 5) is 0. The highest BCUT2D eigenvalue weighted by Gasteiger charge is 2.31. The fourth-order valence-electron chi connectivity index (χ4n) is 5.57. The van der Waals surface area contributed by atoms with Gasteiger partial charge in [0.15, 0.2) is 0 Å². The van der Waals surface area contributed by atoms with Crippen LogP contribution in [0.3, 0.4) is 0 Å². The van der Waals surface area contributed by atoms with E-state index in [9.17, 15) is 10.2 Å². The maximum atomic E-state index is 10.6. The third kappa shape index (κ3) is 4.62. The van der Waals surface area contributed by atoms with Gasteiger partial charge < -0.3 is 10.2 Å². The molecule has 0 bridgehead atoms. The van der Waals surface area contributed by atoms with Crippen LogP contribution in [-0.4, -0.2) is 10.2 Å². The Bertz CT molecular complexity index is 1200. The van der Waals surface area contributed by atoms with Crippen LogP contribution in [0.15, 0.2) is 61.7 Å². The summed E-state index contributed by atoms with van der Waals surface area (Å²) in [6.07, 6.45) is 5.25. The van der Waals surface area contributed by atoms with Crippen LogP contribution in [0.1, 0.15) is 83.3 Å². The number of hydrogen-bond acceptors (Lipinski definition) is 2. The third-order valence-electron chi connectivity index (χ3n) is 8.11. The van der Waals surface area contributed by atoms with Gasteiger partial charge in [-0.05, 0) is 96.2 Å². The minimum absolute atomic E-state index is 0.246. The van der Waals surface area contributed by atoms with E-state index >= 15 is 0 Å². The van der Waals surface area contributed by atoms with Crippen LogP contribution in [0.4, 0.5) is 0 Å². The van der Waals surface area contributed by atoms with Crippen molar-refractivity contribution in [1.82, 2.24) is 0 Å². The first-order valence-electron chi connectivity index (χ1n) is 12.8. The summed E-state index contributed by atoms with van der Waals surface area (Å²) in [6, 6.07) is 13.2. The summed E-state index contributed by atoms with van der Waals surface area (Å²) in [6.45, 7) is 24.8. The summed E-state index contributed by atoms with van der Waals surface area (Å²) in [7, 11) is 0. The standard InChI is InChI=1S/C34H42O2/c1-11-13-27-23(5)31(35)21(3)19-29(27)33(7,8)25-15-17-26(18-16-25)34(9,10)30-20-22(4)32(36)24(6)28(30)14-12-2/h11-12,15-20,35-36H,1-2,13-14H2,3-10H3. The van der Waals surface area contributed by atoms with E-state index in [1.807, 2.05) is 39.8 Å². The van der Waals surface area contributed by atoms with E-state index in [4.69, 9.17) is 0 Å². The lowest BCUT2D eigenvalue weighted by atomic mass is 9.71. The van der Waals surface area contributed by atoms with Crippen LogP contribution in [-0.2, 0) is 23.7 Å². The molecule has 0 aliphatic rings. The molecule has 2 N–H and O–H groups in total. The molecule has 3 aromatic rings. The molecule has 3 rings (SSSR count). The molecule has 0 saturated heterocycles. The van der Waals surface area contributed by atoms with Crippen LogP contribution in [0.5, 0.6) is 11.5 Å². The molecule has 0 aromatic heterocycles. The van der Waals surface area contributed by atoms with Gasteiger partial charge in [-0.2, -0.15) is 0 Å². The van der Waals surface area contributed by atoms with Gasteiger partial charge in [0.25, 0.3) is 0 Å². The average Bonchev–Trinajstić information content (AvgIpc) is 2.84. The fourth-order valence-corrected chi connectivity index (χ4v) is 5.57. The molecule has 3 aromatic carbocycles. The molecular formula is C34H42O2. The number of hydrogen-bond donors (Lipinski definition) is 2. The number of phenolic OH excluding ortho intramolecular Hbond substituents is 2. The Kier molecular flexibility index (Phi) is 7.60. The monoisotopic (exact) mass is 482 g/mol. The quantitative estimate of drug-likeness (QED) is 0.316. The zero-order chi connectivity index (χ0) is 27.0. The van der Waals surface area contributed by atoms with Gasteiger partial charge in [0.1, 0.15) is 11.5 Å². The Morgan fingerprint density at radius 1 is 0.639 bits per heavy atom. The fraction of sp³-hybridized carbons (Fsp3) is 0.353. The average molecular weight is 483 g/mol. The highest BCUT2D eigenvalue weighted by Crippen LogP contribution is 2.42. The molecule has 2 nitrogen and oxygen atoms in total. The predicted molar refractivity (Wildman–Crippen MR) is 154 cm³/mol. The lowest BCUT2D eigenvalue weighted by Crippen LogP contribution is -2.24. The molecule has 0 heterocycles. The second kappa shape index (κ2) is 10.0. The summed E-state index contributed by atoms with van der Waals surface area (Å²) >= 11 is 0. The molecule has 0 saturated carbocycles. The van der Waals surface area contributed by atoms with Crippen molar-refractivity contribution in [2.24, 2.45) is 0 Å². The predicted octanol–water partition coefficient (Wildman–Crippen LogP) is 8.44. The van der Waals surface area contributed by atoms with E-state index in [0.29, 0.717) is 11.5 Å². The summed E-state index contributed by atoms with van der Waals surface area (Å²) < 4.78 is 0. The molecule has 0 aliphatic heterocycles. The number of aromatic hydroxyl groups is 2. The molecule has 0 spiro atoms. The van der Waals surface area contributed by atoms with E-state index in [1.165, 1.54) is 22.3 Å². The molecule has 36 heavy (non-hydrogen) atoms. The first kappa shape index (κ1) is 27.3. The van der Waals surface area contributed by atoms with Crippen LogP contribution >= 0.6 is 0 Å². The van der Waals surface area contributed by atoms with Crippen molar-refractivity contribution in [3.8, 4) is 11.5 Å². The van der Waals surface area contributed by atoms with E-state index in [2.05, 4.69) is 77.3 Å². The summed E-state index contributed by atoms with van der Waals surface area (Å²) in [5, 5.41) is 21.1. The van der Waals surface area contributed by atoms with Crippen molar-refractivity contribution in [2.75, 3.05) is 0 Å². The van der Waals surface area contributed by atoms with Crippen molar-refractivity contribution in [3.05, 3.63) is 117 Å². The van der Waals surface area contributed by atoms with Gasteiger partial charge >= 0.3 is 0 Å². The molecule has 0 unspecified atom stereocenters. The molecule has 0 radical (unpaired) electrons. The Labute approximate surface area is 218 Å². The van der Waals surface area contributed by atoms with Crippen molar-refractivity contribution >= 4 is 0 Å². The van der Waals surface area contributed by atoms with Gasteiger partial charge in [-0.25, -0.2) is 0 Å². The van der Waals surface area contributed by atoms with E-state index in [-0.39, 0.29) is 10.8 Å². The van der Waals surface area contributed by atoms with E-state index in [1.54, 1.807) is 0 Å². The highest BCUT2D eigenvalue weighted by molar-refractivity contribution is 5.56. The SMILES string of the molecule is C=CCc1c(C(C)(C)c2ccc(C(C)(C)c3cc(C)c(O)c(C)c3CC=C)cc2)cc(C)c(O)c1C. The van der Waals surface area contributed by atoms with Gasteiger partial charge in [0.05, 0.1) is 0 Å². The van der Waals surface area contributed by atoms with Gasteiger partial charge in [0.2, 0.25) is 0 Å². The van der Waals surface area contributed by atoms with Gasteiger partial charge in [-0.1, -0.05) is 76.2 Å². The van der Waals surface area contributed by atoms with Crippen LogP contribution in [0.25, 0.3) is 0 Å². The topological polar surface area (TPSA) is 40.5 Å². The Morgan fingerprint density at radius 2 is 0.944 bits per heavy atom. The molecule has 0 amide bonds. The van der Waals surface area contributed by atoms with Crippen molar-refractivity contribution < 1.29 is 10.2 Å². The largest absolute Gasteiger partial charge is 0.507 e. The minimum atomic E-state index is -0.246. The molecule has 0 atom stereocenters. The molecule has 0 aliphatic carbocycles. The molecule has 0 fully saturated rings. The summed E-state index contributed by atoms with van der Waals surface area (Å²) in [5.41, 5.74) is 10.4. The second-order valence-electron chi connectivity index (χ2n) is 11.2. The Morgan fingerprint density at radius 3 is 1.22 bits per heavy atom. The van der Waals surface area contributed by atoms with E-state index < -0.39 is 0 Å². The maximum absolute atomic E-state index is 10.6. The zero-order valence-electron chi connectivity index (χ0n) is 23.3. The Hall–Kier alpha value is -3.26. The number of allylic oxidation sites excluding steroid dienone is 2. The second-order valence-corrected chi connectivity index (χ2v) is 11.2. The van der Waals surface area contributed by atoms with Gasteiger partial charge in [0, 0.05) is 10.8 Å². The van der Waals surface area contributed by atoms with Crippen LogP contribution in [0.2, 0.25) is 0 Å². The maximum Gasteiger partial charge on any atom is 0.121 e. The third-order valence-corrected chi connectivity index (χ3v) is 8.11. The van der Waals surface area contributed by atoms with Crippen LogP contribution < -0.4 is 0 Å². The Balaban J connectivity index is 2.12. The van der Waals surface area contributed by atoms with Crippen molar-refractivity contribution in [1.29, 1.82) is 0 Å².